The molecule has 0 saturated heterocycles. The van der Waals surface area contributed by atoms with Crippen molar-refractivity contribution in [2.75, 3.05) is 10.7 Å². The minimum absolute atomic E-state index is 0.272. The first-order valence-electron chi connectivity index (χ1n) is 13.4. The van der Waals surface area contributed by atoms with Crippen LogP contribution in [0.2, 0.25) is 0 Å². The van der Waals surface area contributed by atoms with E-state index in [0.717, 1.165) is 33.4 Å². The average Bonchev–Trinajstić information content (AvgIpc) is 2.93. The van der Waals surface area contributed by atoms with Gasteiger partial charge in [0.1, 0.15) is 12.4 Å². The predicted molar refractivity (Wildman–Crippen MR) is 165 cm³/mol. The Morgan fingerprint density at radius 3 is 2.00 bits per heavy atom. The third kappa shape index (κ3) is 7.25. The number of benzene rings is 4. The number of halogens is 1. The summed E-state index contributed by atoms with van der Waals surface area (Å²) in [5.41, 5.74) is 6.76. The van der Waals surface area contributed by atoms with Crippen LogP contribution >= 0.6 is 0 Å². The SMILES string of the molecule is Cc1cccc(N(c2cccc(C)c2)c2ccc3cc(/C=C(\F)c4cc[n+](CCCS(=O)(=O)O)cc4)ccc3c2)c1. The second-order valence-corrected chi connectivity index (χ2v) is 11.8. The summed E-state index contributed by atoms with van der Waals surface area (Å²) >= 11 is 0. The van der Waals surface area contributed by atoms with Crippen molar-refractivity contribution in [2.45, 2.75) is 26.8 Å². The molecule has 208 valence electrons. The van der Waals surface area contributed by atoms with Crippen molar-refractivity contribution < 1.29 is 21.9 Å². The van der Waals surface area contributed by atoms with Gasteiger partial charge in [-0.2, -0.15) is 8.42 Å². The second-order valence-electron chi connectivity index (χ2n) is 10.3. The van der Waals surface area contributed by atoms with Crippen LogP contribution in [-0.4, -0.2) is 18.7 Å². The molecule has 0 radical (unpaired) electrons. The Hall–Kier alpha value is -4.33. The maximum atomic E-state index is 15.1. The lowest BCUT2D eigenvalue weighted by molar-refractivity contribution is -0.696. The summed E-state index contributed by atoms with van der Waals surface area (Å²) in [5.74, 6) is -0.675. The molecule has 5 nitrogen and oxygen atoms in total. The van der Waals surface area contributed by atoms with Crippen molar-refractivity contribution in [3.05, 3.63) is 132 Å². The van der Waals surface area contributed by atoms with E-state index >= 15 is 4.39 Å². The summed E-state index contributed by atoms with van der Waals surface area (Å²) in [7, 11) is -3.99. The van der Waals surface area contributed by atoms with Crippen LogP contribution in [0.1, 0.15) is 28.7 Å². The molecule has 0 atom stereocenters. The Kier molecular flexibility index (Phi) is 8.28. The molecule has 0 unspecified atom stereocenters. The summed E-state index contributed by atoms with van der Waals surface area (Å²) < 4.78 is 47.5. The largest absolute Gasteiger partial charge is 0.310 e. The number of fused-ring (bicyclic) bond motifs is 1. The number of aryl methyl sites for hydroxylation is 3. The quantitative estimate of drug-likeness (QED) is 0.145. The van der Waals surface area contributed by atoms with E-state index in [4.69, 9.17) is 4.55 Å². The molecule has 7 heteroatoms. The van der Waals surface area contributed by atoms with Gasteiger partial charge in [-0.05, 0) is 89.9 Å². The average molecular weight is 568 g/mol. The number of anilines is 3. The van der Waals surface area contributed by atoms with Crippen molar-refractivity contribution in [1.82, 2.24) is 0 Å². The molecule has 0 amide bonds. The fourth-order valence-corrected chi connectivity index (χ4v) is 5.38. The lowest BCUT2D eigenvalue weighted by atomic mass is 10.0. The third-order valence-electron chi connectivity index (χ3n) is 6.90. The van der Waals surface area contributed by atoms with Gasteiger partial charge in [-0.3, -0.25) is 4.55 Å². The van der Waals surface area contributed by atoms with E-state index in [1.807, 2.05) is 18.2 Å². The first-order chi connectivity index (χ1) is 19.6. The van der Waals surface area contributed by atoms with Crippen molar-refractivity contribution in [3.8, 4) is 0 Å². The van der Waals surface area contributed by atoms with Crippen molar-refractivity contribution in [1.29, 1.82) is 0 Å². The van der Waals surface area contributed by atoms with Gasteiger partial charge in [0.05, 0.1) is 5.75 Å². The van der Waals surface area contributed by atoms with E-state index in [-0.39, 0.29) is 18.0 Å². The Balaban J connectivity index is 1.40. The molecule has 0 bridgehead atoms. The standard InChI is InChI=1S/C34H31FN2O3S/c1-25-6-3-8-31(20-25)37(32-9-4-7-26(2)21-32)33-13-12-29-22-27(10-11-30(29)24-33)23-34(35)28-14-17-36(18-15-28)16-5-19-41(38,39)40/h3-4,6-15,17-18,20-24H,5,16,19H2,1-2H3/p+1. The van der Waals surface area contributed by atoms with Crippen LogP contribution in [0, 0.1) is 13.8 Å². The molecule has 1 aromatic heterocycles. The van der Waals surface area contributed by atoms with Gasteiger partial charge >= 0.3 is 0 Å². The monoisotopic (exact) mass is 567 g/mol. The van der Waals surface area contributed by atoms with Crippen LogP contribution in [0.4, 0.5) is 21.5 Å². The number of hydrogen-bond donors (Lipinski definition) is 1. The van der Waals surface area contributed by atoms with Gasteiger partial charge < -0.3 is 4.90 Å². The molecule has 0 spiro atoms. The van der Waals surface area contributed by atoms with Gasteiger partial charge in [0.15, 0.2) is 12.4 Å². The van der Waals surface area contributed by atoms with Crippen LogP contribution in [0.15, 0.2) is 109 Å². The van der Waals surface area contributed by atoms with E-state index in [0.29, 0.717) is 12.1 Å². The molecule has 1 N–H and O–H groups in total. The van der Waals surface area contributed by atoms with Crippen LogP contribution in [0.25, 0.3) is 22.7 Å². The van der Waals surface area contributed by atoms with Crippen molar-refractivity contribution in [2.24, 2.45) is 0 Å². The van der Waals surface area contributed by atoms with E-state index in [1.165, 1.54) is 17.2 Å². The maximum Gasteiger partial charge on any atom is 0.265 e. The van der Waals surface area contributed by atoms with Gasteiger partial charge in [0.2, 0.25) is 0 Å². The van der Waals surface area contributed by atoms with E-state index in [1.54, 1.807) is 29.1 Å². The summed E-state index contributed by atoms with van der Waals surface area (Å²) in [6.07, 6.45) is 5.18. The number of rotatable bonds is 9. The fourth-order valence-electron chi connectivity index (χ4n) is 4.89. The molecule has 0 aliphatic carbocycles. The Morgan fingerprint density at radius 2 is 1.39 bits per heavy atom. The highest BCUT2D eigenvalue weighted by atomic mass is 32.2. The first kappa shape index (κ1) is 28.2. The van der Waals surface area contributed by atoms with Gasteiger partial charge in [-0.25, -0.2) is 8.96 Å². The van der Waals surface area contributed by atoms with Gasteiger partial charge in [-0.15, -0.1) is 0 Å². The minimum Gasteiger partial charge on any atom is -0.310 e. The van der Waals surface area contributed by atoms with Gasteiger partial charge in [0.25, 0.3) is 10.1 Å². The van der Waals surface area contributed by atoms with Crippen LogP contribution in [0.5, 0.6) is 0 Å². The van der Waals surface area contributed by atoms with Crippen LogP contribution in [-0.2, 0) is 16.7 Å². The molecule has 0 fully saturated rings. The summed E-state index contributed by atoms with van der Waals surface area (Å²) in [4.78, 5) is 2.25. The highest BCUT2D eigenvalue weighted by Gasteiger charge is 2.14. The zero-order valence-corrected chi connectivity index (χ0v) is 23.9. The molecule has 5 rings (SSSR count). The zero-order valence-electron chi connectivity index (χ0n) is 23.0. The number of pyridine rings is 1. The topological polar surface area (TPSA) is 61.5 Å². The molecular formula is C34H32FN2O3S+. The molecule has 0 saturated carbocycles. The normalized spacial score (nSPS) is 12.0. The molecule has 0 aliphatic heterocycles. The molecular weight excluding hydrogens is 535 g/mol. The predicted octanol–water partition coefficient (Wildman–Crippen LogP) is 7.96. The lowest BCUT2D eigenvalue weighted by Gasteiger charge is -2.26. The highest BCUT2D eigenvalue weighted by molar-refractivity contribution is 7.85. The lowest BCUT2D eigenvalue weighted by Crippen LogP contribution is -2.33. The Morgan fingerprint density at radius 1 is 0.805 bits per heavy atom. The maximum absolute atomic E-state index is 15.1. The fraction of sp³-hybridized carbons (Fsp3) is 0.147. The van der Waals surface area contributed by atoms with Crippen LogP contribution in [0.3, 0.4) is 0 Å². The van der Waals surface area contributed by atoms with Gasteiger partial charge in [0, 0.05) is 41.2 Å². The van der Waals surface area contributed by atoms with E-state index in [9.17, 15) is 8.42 Å². The molecule has 4 aromatic carbocycles. The number of hydrogen-bond acceptors (Lipinski definition) is 3. The zero-order chi connectivity index (χ0) is 29.0. The molecule has 0 aliphatic rings. The molecule has 5 aromatic rings. The Bertz CT molecular complexity index is 1790. The van der Waals surface area contributed by atoms with E-state index < -0.39 is 10.1 Å². The number of aromatic nitrogens is 1. The smallest absolute Gasteiger partial charge is 0.265 e. The second kappa shape index (κ2) is 12.0. The summed E-state index contributed by atoms with van der Waals surface area (Å²) in [6.45, 7) is 4.59. The first-order valence-corrected chi connectivity index (χ1v) is 15.0. The third-order valence-corrected chi connectivity index (χ3v) is 7.71. The summed E-state index contributed by atoms with van der Waals surface area (Å²) in [6, 6.07) is 32.4. The van der Waals surface area contributed by atoms with Crippen molar-refractivity contribution >= 4 is 49.9 Å². The van der Waals surface area contributed by atoms with E-state index in [2.05, 4.69) is 85.5 Å². The summed E-state index contributed by atoms with van der Waals surface area (Å²) in [5, 5.41) is 2.06. The minimum atomic E-state index is -3.99. The molecule has 1 heterocycles. The van der Waals surface area contributed by atoms with Gasteiger partial charge in [-0.1, -0.05) is 42.5 Å². The molecule has 41 heavy (non-hydrogen) atoms. The van der Waals surface area contributed by atoms with Crippen molar-refractivity contribution in [3.63, 3.8) is 0 Å². The highest BCUT2D eigenvalue weighted by Crippen LogP contribution is 2.37. The number of nitrogens with zero attached hydrogens (tertiary/aromatic N) is 2. The van der Waals surface area contributed by atoms with Crippen LogP contribution < -0.4 is 9.47 Å². The Labute approximate surface area is 240 Å².